The van der Waals surface area contributed by atoms with Crippen LogP contribution in [0.4, 0.5) is 0 Å². The number of hydrogen-bond donors (Lipinski definition) is 0. The number of methoxy groups -OCH3 is 1. The molecule has 0 atom stereocenters. The van der Waals surface area contributed by atoms with Crippen LogP contribution in [0, 0.1) is 6.92 Å². The van der Waals surface area contributed by atoms with Gasteiger partial charge in [-0.05, 0) is 19.1 Å². The molecule has 0 N–H and O–H groups in total. The van der Waals surface area contributed by atoms with Crippen molar-refractivity contribution in [2.45, 2.75) is 13.5 Å². The Kier molecular flexibility index (Phi) is 2.72. The van der Waals surface area contributed by atoms with Gasteiger partial charge >= 0.3 is 0 Å². The summed E-state index contributed by atoms with van der Waals surface area (Å²) in [6.45, 7) is 2.76. The fourth-order valence-electron chi connectivity index (χ4n) is 1.56. The van der Waals surface area contributed by atoms with E-state index in [0.29, 0.717) is 0 Å². The quantitative estimate of drug-likeness (QED) is 0.763. The molecule has 0 spiro atoms. The van der Waals surface area contributed by atoms with Crippen LogP contribution >= 0.6 is 0 Å². The molecular formula is C12H14N2O. The maximum Gasteiger partial charge on any atom is 0.122 e. The molecule has 3 heteroatoms. The Bertz CT molecular complexity index is 435. The number of rotatable bonds is 3. The minimum absolute atomic E-state index is 0.783. The second-order valence-corrected chi connectivity index (χ2v) is 3.50. The first-order valence-corrected chi connectivity index (χ1v) is 4.90. The first-order chi connectivity index (χ1) is 7.28. The maximum absolute atomic E-state index is 5.21. The number of aryl methyl sites for hydroxylation is 1. The molecule has 2 heterocycles. The Labute approximate surface area is 89.3 Å². The van der Waals surface area contributed by atoms with Crippen LogP contribution in [0.1, 0.15) is 11.4 Å². The zero-order valence-electron chi connectivity index (χ0n) is 8.97. The highest BCUT2D eigenvalue weighted by molar-refractivity contribution is 5.26. The smallest absolute Gasteiger partial charge is 0.122 e. The van der Waals surface area contributed by atoms with Gasteiger partial charge in [0.2, 0.25) is 0 Å². The van der Waals surface area contributed by atoms with Gasteiger partial charge in [-0.15, -0.1) is 0 Å². The molecule has 3 nitrogen and oxygen atoms in total. The number of aromatic nitrogens is 2. The van der Waals surface area contributed by atoms with E-state index in [1.807, 2.05) is 43.6 Å². The molecule has 0 radical (unpaired) electrons. The summed E-state index contributed by atoms with van der Waals surface area (Å²) in [6.07, 6.45) is 4.05. The van der Waals surface area contributed by atoms with E-state index in [4.69, 9.17) is 4.74 Å². The minimum atomic E-state index is 0.783. The number of pyridine rings is 1. The van der Waals surface area contributed by atoms with Crippen LogP contribution in [0.3, 0.4) is 0 Å². The van der Waals surface area contributed by atoms with Gasteiger partial charge in [0.1, 0.15) is 5.75 Å². The van der Waals surface area contributed by atoms with Crippen molar-refractivity contribution in [2.75, 3.05) is 7.11 Å². The van der Waals surface area contributed by atoms with Crippen molar-refractivity contribution in [1.29, 1.82) is 0 Å². The van der Waals surface area contributed by atoms with Crippen LogP contribution in [0.5, 0.6) is 5.75 Å². The molecule has 15 heavy (non-hydrogen) atoms. The first kappa shape index (κ1) is 9.77. The summed E-state index contributed by atoms with van der Waals surface area (Å²) in [4.78, 5) is 4.46. The molecule has 2 rings (SSSR count). The van der Waals surface area contributed by atoms with Crippen molar-refractivity contribution in [3.63, 3.8) is 0 Å². The van der Waals surface area contributed by atoms with Crippen LogP contribution < -0.4 is 4.74 Å². The van der Waals surface area contributed by atoms with Gasteiger partial charge in [0.15, 0.2) is 0 Å². The van der Waals surface area contributed by atoms with Crippen LogP contribution in [-0.2, 0) is 6.54 Å². The predicted octanol–water partition coefficient (Wildman–Crippen LogP) is 2.25. The van der Waals surface area contributed by atoms with Gasteiger partial charge in [-0.1, -0.05) is 0 Å². The lowest BCUT2D eigenvalue weighted by atomic mass is 10.3. The standard InChI is InChI=1S/C12H14N2O/c1-10-7-12(15-2)8-11(13-10)9-14-5-3-4-6-14/h3-8H,9H2,1-2H3. The summed E-state index contributed by atoms with van der Waals surface area (Å²) < 4.78 is 7.29. The van der Waals surface area contributed by atoms with Crippen molar-refractivity contribution in [3.8, 4) is 5.75 Å². The van der Waals surface area contributed by atoms with E-state index < -0.39 is 0 Å². The highest BCUT2D eigenvalue weighted by atomic mass is 16.5. The Hall–Kier alpha value is -1.77. The Morgan fingerprint density at radius 2 is 2.00 bits per heavy atom. The van der Waals surface area contributed by atoms with E-state index in [1.54, 1.807) is 7.11 Å². The average Bonchev–Trinajstić information content (AvgIpc) is 2.69. The lowest BCUT2D eigenvalue weighted by Crippen LogP contribution is -2.00. The van der Waals surface area contributed by atoms with Gasteiger partial charge in [0.05, 0.1) is 19.3 Å². The monoisotopic (exact) mass is 202 g/mol. The van der Waals surface area contributed by atoms with Crippen molar-refractivity contribution in [3.05, 3.63) is 48.0 Å². The lowest BCUT2D eigenvalue weighted by Gasteiger charge is -2.06. The normalized spacial score (nSPS) is 10.3. The fourth-order valence-corrected chi connectivity index (χ4v) is 1.56. The molecule has 0 saturated heterocycles. The third-order valence-corrected chi connectivity index (χ3v) is 2.23. The number of nitrogens with zero attached hydrogens (tertiary/aromatic N) is 2. The molecule has 0 bridgehead atoms. The molecule has 2 aromatic heterocycles. The Balaban J connectivity index is 2.24. The van der Waals surface area contributed by atoms with E-state index in [-0.39, 0.29) is 0 Å². The molecule has 0 amide bonds. The molecule has 0 aliphatic heterocycles. The molecule has 0 fully saturated rings. The van der Waals surface area contributed by atoms with E-state index in [2.05, 4.69) is 9.55 Å². The topological polar surface area (TPSA) is 27.1 Å². The summed E-state index contributed by atoms with van der Waals surface area (Å²) in [5, 5.41) is 0. The van der Waals surface area contributed by atoms with E-state index in [1.165, 1.54) is 0 Å². The summed E-state index contributed by atoms with van der Waals surface area (Å²) in [5.74, 6) is 0.865. The largest absolute Gasteiger partial charge is 0.497 e. The molecule has 0 aliphatic rings. The van der Waals surface area contributed by atoms with Gasteiger partial charge < -0.3 is 9.30 Å². The van der Waals surface area contributed by atoms with E-state index in [9.17, 15) is 0 Å². The number of hydrogen-bond acceptors (Lipinski definition) is 2. The van der Waals surface area contributed by atoms with Crippen LogP contribution in [0.25, 0.3) is 0 Å². The van der Waals surface area contributed by atoms with Crippen LogP contribution in [-0.4, -0.2) is 16.7 Å². The van der Waals surface area contributed by atoms with Crippen molar-refractivity contribution in [2.24, 2.45) is 0 Å². The fraction of sp³-hybridized carbons (Fsp3) is 0.250. The van der Waals surface area contributed by atoms with Gasteiger partial charge in [-0.3, -0.25) is 4.98 Å². The second-order valence-electron chi connectivity index (χ2n) is 3.50. The SMILES string of the molecule is COc1cc(C)nc(Cn2cccc2)c1. The average molecular weight is 202 g/mol. The Morgan fingerprint density at radius 3 is 2.67 bits per heavy atom. The summed E-state index contributed by atoms with van der Waals surface area (Å²) in [7, 11) is 1.67. The molecular weight excluding hydrogens is 188 g/mol. The van der Waals surface area contributed by atoms with Gasteiger partial charge in [-0.25, -0.2) is 0 Å². The summed E-state index contributed by atoms with van der Waals surface area (Å²) in [5.41, 5.74) is 2.00. The van der Waals surface area contributed by atoms with Crippen molar-refractivity contribution < 1.29 is 4.74 Å². The van der Waals surface area contributed by atoms with Gasteiger partial charge in [0.25, 0.3) is 0 Å². The molecule has 0 aromatic carbocycles. The second kappa shape index (κ2) is 4.17. The predicted molar refractivity (Wildman–Crippen MR) is 59.1 cm³/mol. The molecule has 78 valence electrons. The lowest BCUT2D eigenvalue weighted by molar-refractivity contribution is 0.413. The number of ether oxygens (including phenoxy) is 1. The maximum atomic E-state index is 5.21. The third-order valence-electron chi connectivity index (χ3n) is 2.23. The third kappa shape index (κ3) is 2.37. The Morgan fingerprint density at radius 1 is 1.27 bits per heavy atom. The van der Waals surface area contributed by atoms with Crippen LogP contribution in [0.15, 0.2) is 36.7 Å². The first-order valence-electron chi connectivity index (χ1n) is 4.90. The van der Waals surface area contributed by atoms with E-state index >= 15 is 0 Å². The zero-order valence-corrected chi connectivity index (χ0v) is 8.97. The molecule has 0 unspecified atom stereocenters. The van der Waals surface area contributed by atoms with Crippen molar-refractivity contribution >= 4 is 0 Å². The van der Waals surface area contributed by atoms with Crippen LogP contribution in [0.2, 0.25) is 0 Å². The van der Waals surface area contributed by atoms with Crippen molar-refractivity contribution in [1.82, 2.24) is 9.55 Å². The zero-order chi connectivity index (χ0) is 10.7. The molecule has 0 saturated carbocycles. The van der Waals surface area contributed by atoms with E-state index in [0.717, 1.165) is 23.7 Å². The van der Waals surface area contributed by atoms with Gasteiger partial charge in [-0.2, -0.15) is 0 Å². The summed E-state index contributed by atoms with van der Waals surface area (Å²) in [6, 6.07) is 7.91. The minimum Gasteiger partial charge on any atom is -0.497 e. The molecule has 0 aliphatic carbocycles. The molecule has 2 aromatic rings. The highest BCUT2D eigenvalue weighted by Gasteiger charge is 2.00. The van der Waals surface area contributed by atoms with Gasteiger partial charge in [0, 0.05) is 30.2 Å². The summed E-state index contributed by atoms with van der Waals surface area (Å²) >= 11 is 0. The highest BCUT2D eigenvalue weighted by Crippen LogP contribution is 2.14.